The molecular formula is C14H20F2. The molecule has 2 heteroatoms. The minimum Gasteiger partial charge on any atom is -0.204 e. The maximum atomic E-state index is 13.7. The van der Waals surface area contributed by atoms with Crippen molar-refractivity contribution in [2.75, 3.05) is 0 Å². The van der Waals surface area contributed by atoms with Gasteiger partial charge in [-0.2, -0.15) is 0 Å². The summed E-state index contributed by atoms with van der Waals surface area (Å²) in [5, 5.41) is 0. The molecule has 0 bridgehead atoms. The summed E-state index contributed by atoms with van der Waals surface area (Å²) in [6.45, 7) is 11.6. The van der Waals surface area contributed by atoms with Gasteiger partial charge in [-0.05, 0) is 28.0 Å². The molecule has 0 heterocycles. The first-order chi connectivity index (χ1) is 7.03. The Kier molecular flexibility index (Phi) is 3.15. The van der Waals surface area contributed by atoms with Crippen molar-refractivity contribution in [3.63, 3.8) is 0 Å². The Hall–Kier alpha value is -0.920. The van der Waals surface area contributed by atoms with Gasteiger partial charge < -0.3 is 0 Å². The van der Waals surface area contributed by atoms with Gasteiger partial charge in [-0.3, -0.25) is 0 Å². The van der Waals surface area contributed by atoms with Gasteiger partial charge in [-0.15, -0.1) is 0 Å². The predicted octanol–water partition coefficient (Wildman–Crippen LogP) is 4.56. The summed E-state index contributed by atoms with van der Waals surface area (Å²) in [6, 6.07) is 3.07. The van der Waals surface area contributed by atoms with Crippen molar-refractivity contribution in [2.24, 2.45) is 0 Å². The van der Waals surface area contributed by atoms with Crippen LogP contribution in [0, 0.1) is 11.6 Å². The van der Waals surface area contributed by atoms with Gasteiger partial charge in [0.2, 0.25) is 0 Å². The maximum Gasteiger partial charge on any atom is 0.162 e. The lowest BCUT2D eigenvalue weighted by atomic mass is 9.80. The lowest BCUT2D eigenvalue weighted by Crippen LogP contribution is -2.19. The van der Waals surface area contributed by atoms with Gasteiger partial charge in [0, 0.05) is 0 Å². The monoisotopic (exact) mass is 226 g/mol. The average molecular weight is 226 g/mol. The highest BCUT2D eigenvalue weighted by Crippen LogP contribution is 2.32. The zero-order chi connectivity index (χ0) is 12.7. The molecule has 0 aliphatic rings. The molecule has 0 saturated heterocycles. The summed E-state index contributed by atoms with van der Waals surface area (Å²) in [5.74, 6) is -1.47. The number of hydrogen-bond donors (Lipinski definition) is 0. The van der Waals surface area contributed by atoms with Crippen LogP contribution in [0.15, 0.2) is 12.1 Å². The fourth-order valence-corrected chi connectivity index (χ4v) is 1.57. The minimum atomic E-state index is -0.752. The van der Waals surface area contributed by atoms with E-state index in [9.17, 15) is 8.78 Å². The second-order valence-electron chi connectivity index (χ2n) is 6.32. The second-order valence-corrected chi connectivity index (χ2v) is 6.32. The Morgan fingerprint density at radius 2 is 1.31 bits per heavy atom. The Labute approximate surface area is 96.7 Å². The molecule has 16 heavy (non-hydrogen) atoms. The molecule has 90 valence electrons. The van der Waals surface area contributed by atoms with Gasteiger partial charge >= 0.3 is 0 Å². The Balaban J connectivity index is 3.46. The average Bonchev–Trinajstić information content (AvgIpc) is 2.05. The fourth-order valence-electron chi connectivity index (χ4n) is 1.57. The molecule has 1 rings (SSSR count). The molecule has 0 amide bonds. The van der Waals surface area contributed by atoms with Crippen LogP contribution in [0.3, 0.4) is 0 Å². The van der Waals surface area contributed by atoms with Crippen molar-refractivity contribution in [3.05, 3.63) is 34.9 Å². The number of hydrogen-bond acceptors (Lipinski definition) is 0. The van der Waals surface area contributed by atoms with E-state index in [-0.39, 0.29) is 10.8 Å². The van der Waals surface area contributed by atoms with Crippen molar-refractivity contribution in [2.45, 2.75) is 52.4 Å². The second kappa shape index (κ2) is 3.83. The highest BCUT2D eigenvalue weighted by atomic mass is 19.2. The molecular weight excluding hydrogens is 206 g/mol. The lowest BCUT2D eigenvalue weighted by Gasteiger charge is -2.25. The van der Waals surface area contributed by atoms with Crippen LogP contribution in [0.25, 0.3) is 0 Å². The molecule has 0 N–H and O–H groups in total. The quantitative estimate of drug-likeness (QED) is 0.608. The van der Waals surface area contributed by atoms with E-state index < -0.39 is 11.6 Å². The van der Waals surface area contributed by atoms with Crippen molar-refractivity contribution in [1.82, 2.24) is 0 Å². The predicted molar refractivity (Wildman–Crippen MR) is 63.8 cm³/mol. The molecule has 0 aliphatic carbocycles. The molecule has 0 saturated carbocycles. The highest BCUT2D eigenvalue weighted by molar-refractivity contribution is 5.34. The van der Waals surface area contributed by atoms with E-state index in [0.717, 1.165) is 5.56 Å². The first-order valence-electron chi connectivity index (χ1n) is 5.53. The third-order valence-corrected chi connectivity index (χ3v) is 2.70. The molecule has 1 aromatic carbocycles. The summed E-state index contributed by atoms with van der Waals surface area (Å²) in [4.78, 5) is 0. The van der Waals surface area contributed by atoms with Crippen LogP contribution in [0.4, 0.5) is 8.78 Å². The van der Waals surface area contributed by atoms with Crippen molar-refractivity contribution >= 4 is 0 Å². The van der Waals surface area contributed by atoms with Crippen LogP contribution in [0.5, 0.6) is 0 Å². The summed E-state index contributed by atoms with van der Waals surface area (Å²) < 4.78 is 27.2. The normalized spacial score (nSPS) is 13.0. The van der Waals surface area contributed by atoms with Gasteiger partial charge in [-0.1, -0.05) is 47.6 Å². The fraction of sp³-hybridized carbons (Fsp3) is 0.571. The largest absolute Gasteiger partial charge is 0.204 e. The van der Waals surface area contributed by atoms with Gasteiger partial charge in [0.25, 0.3) is 0 Å². The standard InChI is InChI=1S/C14H20F2/c1-13(2,3)9-7-10(14(4,5)6)12(16)11(15)8-9/h7-8H,1-6H3. The smallest absolute Gasteiger partial charge is 0.162 e. The summed E-state index contributed by atoms with van der Waals surface area (Å²) in [6.07, 6.45) is 0. The topological polar surface area (TPSA) is 0 Å². The molecule has 0 unspecified atom stereocenters. The molecule has 0 aromatic heterocycles. The molecule has 0 fully saturated rings. The van der Waals surface area contributed by atoms with E-state index in [1.165, 1.54) is 6.07 Å². The van der Waals surface area contributed by atoms with Gasteiger partial charge in [0.1, 0.15) is 0 Å². The summed E-state index contributed by atoms with van der Waals surface area (Å²) in [5.41, 5.74) is 0.717. The van der Waals surface area contributed by atoms with E-state index in [0.29, 0.717) is 5.56 Å². The Morgan fingerprint density at radius 1 is 0.812 bits per heavy atom. The summed E-state index contributed by atoms with van der Waals surface area (Å²) >= 11 is 0. The van der Waals surface area contributed by atoms with E-state index in [2.05, 4.69) is 0 Å². The van der Waals surface area contributed by atoms with Crippen molar-refractivity contribution in [1.29, 1.82) is 0 Å². The SMILES string of the molecule is CC(C)(C)c1cc(F)c(F)c(C(C)(C)C)c1. The maximum absolute atomic E-state index is 13.7. The van der Waals surface area contributed by atoms with Gasteiger partial charge in [-0.25, -0.2) is 8.78 Å². The van der Waals surface area contributed by atoms with Crippen molar-refractivity contribution in [3.8, 4) is 0 Å². The van der Waals surface area contributed by atoms with Gasteiger partial charge in [0.05, 0.1) is 0 Å². The van der Waals surface area contributed by atoms with Crippen LogP contribution in [-0.2, 0) is 10.8 Å². The van der Waals surface area contributed by atoms with E-state index >= 15 is 0 Å². The number of rotatable bonds is 0. The van der Waals surface area contributed by atoms with E-state index in [1.54, 1.807) is 6.07 Å². The number of halogens is 2. The van der Waals surface area contributed by atoms with E-state index in [4.69, 9.17) is 0 Å². The third-order valence-electron chi connectivity index (χ3n) is 2.70. The van der Waals surface area contributed by atoms with Crippen LogP contribution >= 0.6 is 0 Å². The minimum absolute atomic E-state index is 0.172. The summed E-state index contributed by atoms with van der Waals surface area (Å²) in [7, 11) is 0. The Morgan fingerprint density at radius 3 is 1.69 bits per heavy atom. The first kappa shape index (κ1) is 13.1. The van der Waals surface area contributed by atoms with Crippen LogP contribution < -0.4 is 0 Å². The third kappa shape index (κ3) is 2.60. The molecule has 1 aromatic rings. The molecule has 0 atom stereocenters. The van der Waals surface area contributed by atoms with Crippen LogP contribution in [0.2, 0.25) is 0 Å². The number of benzene rings is 1. The first-order valence-corrected chi connectivity index (χ1v) is 5.53. The highest BCUT2D eigenvalue weighted by Gasteiger charge is 2.25. The van der Waals surface area contributed by atoms with Crippen LogP contribution in [0.1, 0.15) is 52.7 Å². The molecule has 0 radical (unpaired) electrons. The van der Waals surface area contributed by atoms with Crippen LogP contribution in [-0.4, -0.2) is 0 Å². The van der Waals surface area contributed by atoms with E-state index in [1.807, 2.05) is 41.5 Å². The zero-order valence-corrected chi connectivity index (χ0v) is 10.9. The molecule has 0 nitrogen and oxygen atoms in total. The molecule has 0 aliphatic heterocycles. The van der Waals surface area contributed by atoms with Gasteiger partial charge in [0.15, 0.2) is 11.6 Å². The molecule has 0 spiro atoms. The Bertz CT molecular complexity index is 392. The zero-order valence-electron chi connectivity index (χ0n) is 10.9. The lowest BCUT2D eigenvalue weighted by molar-refractivity contribution is 0.457. The van der Waals surface area contributed by atoms with Crippen molar-refractivity contribution < 1.29 is 8.78 Å².